The van der Waals surface area contributed by atoms with Crippen LogP contribution in [0.5, 0.6) is 0 Å². The van der Waals surface area contributed by atoms with Crippen LogP contribution in [0.2, 0.25) is 0 Å². The predicted octanol–water partition coefficient (Wildman–Crippen LogP) is 11.8. The summed E-state index contributed by atoms with van der Waals surface area (Å²) >= 11 is 0. The first kappa shape index (κ1) is 47.8. The first-order chi connectivity index (χ1) is 24.4. The first-order valence-corrected chi connectivity index (χ1v) is 20.7. The molecule has 1 unspecified atom stereocenters. The Morgan fingerprint density at radius 3 is 1.34 bits per heavy atom. The van der Waals surface area contributed by atoms with Crippen LogP contribution in [0.1, 0.15) is 188 Å². The van der Waals surface area contributed by atoms with Gasteiger partial charge in [-0.25, -0.2) is 0 Å². The van der Waals surface area contributed by atoms with Crippen molar-refractivity contribution in [1.29, 1.82) is 0 Å². The molecule has 6 nitrogen and oxygen atoms in total. The van der Waals surface area contributed by atoms with E-state index in [1.54, 1.807) is 0 Å². The number of unbranched alkanes of at least 4 members (excludes halogenated alkanes) is 14. The summed E-state index contributed by atoms with van der Waals surface area (Å²) < 4.78 is 10.3. The molecule has 0 heterocycles. The lowest BCUT2D eigenvalue weighted by Gasteiger charge is -2.12. The van der Waals surface area contributed by atoms with Gasteiger partial charge < -0.3 is 19.7 Å². The van der Waals surface area contributed by atoms with Gasteiger partial charge in [0.15, 0.2) is 0 Å². The van der Waals surface area contributed by atoms with Crippen molar-refractivity contribution in [3.05, 3.63) is 48.6 Å². The SMILES string of the molecule is CCC(C)CCCCCCCCCCCCCCCCC(=O)OC[C@@H](O)COC(=O)CCC/C=C\C/C=C\C/C=C\C/C=C\CC[C@@H](O)CC. The number of aliphatic hydroxyl groups excluding tert-OH is 2. The fraction of sp³-hybridized carbons (Fsp3) is 0.773. The van der Waals surface area contributed by atoms with Gasteiger partial charge in [0.05, 0.1) is 6.10 Å². The maximum absolute atomic E-state index is 12.0. The molecule has 6 heteroatoms. The molecule has 0 radical (unpaired) electrons. The third-order valence-electron chi connectivity index (χ3n) is 9.27. The van der Waals surface area contributed by atoms with E-state index in [1.807, 2.05) is 6.92 Å². The standard InChI is InChI=1S/C44H78O6/c1-4-40(3)34-30-26-22-18-14-10-6-8-12-16-20-24-28-32-36-43(47)49-38-42(46)39-50-44(48)37-33-29-25-21-17-13-9-7-11-15-19-23-27-31-35-41(45)5-2/h9,11,13,15,21,23,25,27,40-42,45-46H,4-8,10,12,14,16-20,22,24,26,28-39H2,1-3H3/b13-9-,15-11-,25-21-,27-23-/t40?,41-,42+/m0/s1. The highest BCUT2D eigenvalue weighted by Gasteiger charge is 2.12. The van der Waals surface area contributed by atoms with E-state index in [4.69, 9.17) is 9.47 Å². The van der Waals surface area contributed by atoms with E-state index in [0.29, 0.717) is 19.3 Å². The van der Waals surface area contributed by atoms with E-state index in [0.717, 1.165) is 70.1 Å². The van der Waals surface area contributed by atoms with Crippen molar-refractivity contribution in [2.45, 2.75) is 200 Å². The number of carbonyl (C=O) groups is 2. The molecule has 0 spiro atoms. The first-order valence-electron chi connectivity index (χ1n) is 20.7. The normalized spacial score (nSPS) is 13.9. The highest BCUT2D eigenvalue weighted by atomic mass is 16.6. The molecule has 0 rings (SSSR count). The van der Waals surface area contributed by atoms with Gasteiger partial charge in [-0.1, -0.05) is 166 Å². The summed E-state index contributed by atoms with van der Waals surface area (Å²) in [4.78, 5) is 23.9. The van der Waals surface area contributed by atoms with Crippen LogP contribution in [0.25, 0.3) is 0 Å². The third kappa shape index (κ3) is 37.1. The van der Waals surface area contributed by atoms with Gasteiger partial charge in [0.25, 0.3) is 0 Å². The van der Waals surface area contributed by atoms with Crippen molar-refractivity contribution >= 4 is 11.9 Å². The van der Waals surface area contributed by atoms with Crippen LogP contribution in [0.3, 0.4) is 0 Å². The average molecular weight is 703 g/mol. The Balaban J connectivity index is 3.53. The molecule has 0 fully saturated rings. The summed E-state index contributed by atoms with van der Waals surface area (Å²) in [5.41, 5.74) is 0. The zero-order chi connectivity index (χ0) is 36.8. The number of carbonyl (C=O) groups excluding carboxylic acids is 2. The molecule has 290 valence electrons. The molecule has 0 saturated carbocycles. The van der Waals surface area contributed by atoms with Gasteiger partial charge in [-0.2, -0.15) is 0 Å². The van der Waals surface area contributed by atoms with Crippen molar-refractivity contribution in [3.63, 3.8) is 0 Å². The number of ether oxygens (including phenoxy) is 2. The Kier molecular flexibility index (Phi) is 36.4. The number of esters is 2. The molecule has 0 saturated heterocycles. The summed E-state index contributed by atoms with van der Waals surface area (Å²) in [5, 5.41) is 19.5. The number of rotatable bonds is 36. The van der Waals surface area contributed by atoms with E-state index in [-0.39, 0.29) is 31.3 Å². The smallest absolute Gasteiger partial charge is 0.305 e. The summed E-state index contributed by atoms with van der Waals surface area (Å²) in [6, 6.07) is 0. The van der Waals surface area contributed by atoms with E-state index >= 15 is 0 Å². The van der Waals surface area contributed by atoms with Crippen molar-refractivity contribution in [1.82, 2.24) is 0 Å². The largest absolute Gasteiger partial charge is 0.463 e. The Hall–Kier alpha value is -2.18. The summed E-state index contributed by atoms with van der Waals surface area (Å²) in [6.45, 7) is 6.36. The summed E-state index contributed by atoms with van der Waals surface area (Å²) in [7, 11) is 0. The topological polar surface area (TPSA) is 93.1 Å². The number of hydrogen-bond donors (Lipinski definition) is 2. The zero-order valence-corrected chi connectivity index (χ0v) is 32.7. The zero-order valence-electron chi connectivity index (χ0n) is 32.7. The molecule has 0 aromatic rings. The van der Waals surface area contributed by atoms with Crippen LogP contribution in [0.15, 0.2) is 48.6 Å². The molecule has 0 aliphatic rings. The highest BCUT2D eigenvalue weighted by Crippen LogP contribution is 2.16. The quantitative estimate of drug-likeness (QED) is 0.0383. The van der Waals surface area contributed by atoms with Crippen molar-refractivity contribution < 1.29 is 29.3 Å². The fourth-order valence-corrected chi connectivity index (χ4v) is 5.56. The van der Waals surface area contributed by atoms with Gasteiger partial charge in [0.2, 0.25) is 0 Å². The minimum atomic E-state index is -0.995. The van der Waals surface area contributed by atoms with Crippen molar-refractivity contribution in [2.24, 2.45) is 5.92 Å². The van der Waals surface area contributed by atoms with Crippen LogP contribution in [0.4, 0.5) is 0 Å². The fourth-order valence-electron chi connectivity index (χ4n) is 5.56. The Morgan fingerprint density at radius 1 is 0.480 bits per heavy atom. The lowest BCUT2D eigenvalue weighted by molar-refractivity contribution is -0.152. The highest BCUT2D eigenvalue weighted by molar-refractivity contribution is 5.69. The van der Waals surface area contributed by atoms with Crippen LogP contribution in [-0.2, 0) is 19.1 Å². The van der Waals surface area contributed by atoms with Crippen molar-refractivity contribution in [3.8, 4) is 0 Å². The maximum atomic E-state index is 12.0. The van der Waals surface area contributed by atoms with Gasteiger partial charge in [-0.05, 0) is 63.7 Å². The van der Waals surface area contributed by atoms with Crippen LogP contribution in [0, 0.1) is 5.92 Å². The average Bonchev–Trinajstić information content (AvgIpc) is 3.12. The van der Waals surface area contributed by atoms with Crippen LogP contribution >= 0.6 is 0 Å². The second-order valence-electron chi connectivity index (χ2n) is 14.1. The lowest BCUT2D eigenvalue weighted by Crippen LogP contribution is -2.25. The van der Waals surface area contributed by atoms with Gasteiger partial charge in [-0.15, -0.1) is 0 Å². The van der Waals surface area contributed by atoms with Gasteiger partial charge >= 0.3 is 11.9 Å². The monoisotopic (exact) mass is 703 g/mol. The molecule has 0 amide bonds. The number of aliphatic hydroxyl groups is 2. The van der Waals surface area contributed by atoms with E-state index < -0.39 is 6.10 Å². The van der Waals surface area contributed by atoms with Crippen LogP contribution < -0.4 is 0 Å². The molecule has 0 aliphatic heterocycles. The van der Waals surface area contributed by atoms with E-state index in [2.05, 4.69) is 62.5 Å². The third-order valence-corrected chi connectivity index (χ3v) is 9.27. The molecule has 0 aromatic heterocycles. The molecular weight excluding hydrogens is 624 g/mol. The van der Waals surface area contributed by atoms with E-state index in [9.17, 15) is 19.8 Å². The minimum absolute atomic E-state index is 0.141. The summed E-state index contributed by atoms with van der Waals surface area (Å²) in [6.07, 6.45) is 43.9. The molecule has 50 heavy (non-hydrogen) atoms. The lowest BCUT2D eigenvalue weighted by atomic mass is 9.99. The second kappa shape index (κ2) is 38.1. The number of allylic oxidation sites excluding steroid dienone is 8. The van der Waals surface area contributed by atoms with Gasteiger partial charge in [-0.3, -0.25) is 9.59 Å². The predicted molar refractivity (Wildman–Crippen MR) is 211 cm³/mol. The molecule has 0 aromatic carbocycles. The van der Waals surface area contributed by atoms with Gasteiger partial charge in [0, 0.05) is 12.8 Å². The molecule has 0 aliphatic carbocycles. The Labute approximate surface area is 308 Å². The maximum Gasteiger partial charge on any atom is 0.305 e. The molecular formula is C44H78O6. The van der Waals surface area contributed by atoms with Gasteiger partial charge in [0.1, 0.15) is 19.3 Å². The van der Waals surface area contributed by atoms with Crippen LogP contribution in [-0.4, -0.2) is 47.6 Å². The summed E-state index contributed by atoms with van der Waals surface area (Å²) in [5.74, 6) is 0.253. The molecule has 0 bridgehead atoms. The second-order valence-corrected chi connectivity index (χ2v) is 14.1. The van der Waals surface area contributed by atoms with Crippen molar-refractivity contribution in [2.75, 3.05) is 13.2 Å². The Morgan fingerprint density at radius 2 is 0.880 bits per heavy atom. The molecule has 3 atom stereocenters. The minimum Gasteiger partial charge on any atom is -0.463 e. The molecule has 2 N–H and O–H groups in total. The van der Waals surface area contributed by atoms with E-state index in [1.165, 1.54) is 83.5 Å². The Bertz CT molecular complexity index is 876. The number of hydrogen-bond acceptors (Lipinski definition) is 6.